The molecule has 0 bridgehead atoms. The average molecular weight is 351 g/mol. The highest BCUT2D eigenvalue weighted by Gasteiger charge is 2.07. The van der Waals surface area contributed by atoms with Crippen LogP contribution in [0.2, 0.25) is 5.02 Å². The highest BCUT2D eigenvalue weighted by molar-refractivity contribution is 9.10. The molecule has 0 aromatic heterocycles. The van der Waals surface area contributed by atoms with Crippen molar-refractivity contribution in [2.24, 2.45) is 0 Å². The fourth-order valence-electron chi connectivity index (χ4n) is 1.54. The van der Waals surface area contributed by atoms with Crippen molar-refractivity contribution in [3.05, 3.63) is 57.5 Å². The number of urea groups is 1. The van der Waals surface area contributed by atoms with Gasteiger partial charge in [0.25, 0.3) is 0 Å². The lowest BCUT2D eigenvalue weighted by Crippen LogP contribution is -2.20. The van der Waals surface area contributed by atoms with Gasteiger partial charge in [0.15, 0.2) is 0 Å². The zero-order valence-corrected chi connectivity index (χ0v) is 12.5. The molecule has 2 N–H and O–H groups in total. The van der Waals surface area contributed by atoms with E-state index in [9.17, 15) is 4.79 Å². The van der Waals surface area contributed by atoms with Crippen molar-refractivity contribution >= 4 is 44.9 Å². The van der Waals surface area contributed by atoms with E-state index in [-0.39, 0.29) is 0 Å². The van der Waals surface area contributed by atoms with Crippen molar-refractivity contribution in [3.8, 4) is 6.07 Å². The predicted molar refractivity (Wildman–Crippen MR) is 83.0 cm³/mol. The Morgan fingerprint density at radius 2 is 1.85 bits per heavy atom. The molecule has 0 radical (unpaired) electrons. The summed E-state index contributed by atoms with van der Waals surface area (Å²) in [7, 11) is 0. The van der Waals surface area contributed by atoms with Crippen LogP contribution in [0.25, 0.3) is 0 Å². The van der Waals surface area contributed by atoms with Gasteiger partial charge >= 0.3 is 6.03 Å². The monoisotopic (exact) mass is 349 g/mol. The summed E-state index contributed by atoms with van der Waals surface area (Å²) < 4.78 is 0.776. The van der Waals surface area contributed by atoms with E-state index in [4.69, 9.17) is 16.9 Å². The summed E-state index contributed by atoms with van der Waals surface area (Å²) in [6, 6.07) is 13.4. The molecule has 20 heavy (non-hydrogen) atoms. The van der Waals surface area contributed by atoms with Crippen molar-refractivity contribution in [2.75, 3.05) is 10.6 Å². The molecule has 6 heteroatoms. The van der Waals surface area contributed by atoms with Crippen molar-refractivity contribution in [1.82, 2.24) is 0 Å². The zero-order chi connectivity index (χ0) is 14.5. The van der Waals surface area contributed by atoms with E-state index in [2.05, 4.69) is 26.6 Å². The number of hydrogen-bond donors (Lipinski definition) is 2. The number of halogens is 2. The average Bonchev–Trinajstić information content (AvgIpc) is 2.41. The summed E-state index contributed by atoms with van der Waals surface area (Å²) in [6.45, 7) is 0. The number of nitrogens with one attached hydrogen (secondary N) is 2. The van der Waals surface area contributed by atoms with Crippen molar-refractivity contribution in [2.45, 2.75) is 0 Å². The lowest BCUT2D eigenvalue weighted by molar-refractivity contribution is 0.262. The Morgan fingerprint density at radius 1 is 1.15 bits per heavy atom. The van der Waals surface area contributed by atoms with Gasteiger partial charge in [-0.05, 0) is 42.5 Å². The van der Waals surface area contributed by atoms with E-state index in [1.807, 2.05) is 6.07 Å². The molecule has 2 rings (SSSR count). The minimum absolute atomic E-state index is 0.388. The van der Waals surface area contributed by atoms with E-state index in [0.717, 1.165) is 4.47 Å². The summed E-state index contributed by atoms with van der Waals surface area (Å²) in [5, 5.41) is 14.9. The van der Waals surface area contributed by atoms with Crippen LogP contribution in [0, 0.1) is 11.3 Å². The van der Waals surface area contributed by atoms with Crippen LogP contribution in [0.3, 0.4) is 0 Å². The minimum Gasteiger partial charge on any atom is -0.308 e. The van der Waals surface area contributed by atoms with E-state index in [1.54, 1.807) is 42.5 Å². The van der Waals surface area contributed by atoms with E-state index < -0.39 is 6.03 Å². The molecule has 0 heterocycles. The quantitative estimate of drug-likeness (QED) is 0.830. The third-order valence-electron chi connectivity index (χ3n) is 2.45. The van der Waals surface area contributed by atoms with Crippen molar-refractivity contribution in [3.63, 3.8) is 0 Å². The summed E-state index contributed by atoms with van der Waals surface area (Å²) in [5.41, 5.74) is 1.44. The molecule has 0 atom stereocenters. The number of benzene rings is 2. The zero-order valence-electron chi connectivity index (χ0n) is 10.2. The Kier molecular flexibility index (Phi) is 4.61. The lowest BCUT2D eigenvalue weighted by atomic mass is 10.2. The van der Waals surface area contributed by atoms with Crippen LogP contribution in [0.4, 0.5) is 16.2 Å². The topological polar surface area (TPSA) is 64.9 Å². The van der Waals surface area contributed by atoms with E-state index >= 15 is 0 Å². The molecule has 0 saturated heterocycles. The van der Waals surface area contributed by atoms with Crippen LogP contribution < -0.4 is 10.6 Å². The maximum Gasteiger partial charge on any atom is 0.323 e. The molecule has 2 amide bonds. The largest absolute Gasteiger partial charge is 0.323 e. The Bertz CT molecular complexity index is 680. The van der Waals surface area contributed by atoms with Gasteiger partial charge in [0.2, 0.25) is 0 Å². The number of amides is 2. The van der Waals surface area contributed by atoms with Gasteiger partial charge in [0.05, 0.1) is 11.3 Å². The molecular formula is C14H9BrClN3O. The first kappa shape index (κ1) is 14.4. The highest BCUT2D eigenvalue weighted by Crippen LogP contribution is 2.21. The lowest BCUT2D eigenvalue weighted by Gasteiger charge is -2.09. The van der Waals surface area contributed by atoms with Crippen LogP contribution in [0.1, 0.15) is 5.56 Å². The molecular weight excluding hydrogens is 342 g/mol. The second-order valence-corrected chi connectivity index (χ2v) is 5.24. The number of hydrogen-bond acceptors (Lipinski definition) is 2. The first-order chi connectivity index (χ1) is 9.58. The Hall–Kier alpha value is -2.03. The molecule has 0 aliphatic heterocycles. The molecule has 0 aliphatic rings. The first-order valence-electron chi connectivity index (χ1n) is 5.62. The predicted octanol–water partition coefficient (Wildman–Crippen LogP) is 4.62. The standard InChI is InChI=1S/C14H9BrClN3O/c15-10-2-1-9(8-17)13(7-10)19-14(20)18-12-5-3-11(16)4-6-12/h1-7H,(H2,18,19,20). The minimum atomic E-state index is -0.429. The smallest absolute Gasteiger partial charge is 0.308 e. The van der Waals surface area contributed by atoms with Crippen LogP contribution >= 0.6 is 27.5 Å². The molecule has 0 spiro atoms. The number of rotatable bonds is 2. The van der Waals surface area contributed by atoms with Gasteiger partial charge in [-0.15, -0.1) is 0 Å². The molecule has 100 valence electrons. The number of carbonyl (C=O) groups is 1. The Labute approximate surface area is 129 Å². The molecule has 0 unspecified atom stereocenters. The molecule has 2 aromatic rings. The maximum absolute atomic E-state index is 11.9. The number of carbonyl (C=O) groups excluding carboxylic acids is 1. The van der Waals surface area contributed by atoms with Crippen molar-refractivity contribution in [1.29, 1.82) is 5.26 Å². The van der Waals surface area contributed by atoms with E-state index in [0.29, 0.717) is 22.0 Å². The first-order valence-corrected chi connectivity index (χ1v) is 6.79. The van der Waals surface area contributed by atoms with Crippen LogP contribution in [-0.4, -0.2) is 6.03 Å². The summed E-state index contributed by atoms with van der Waals surface area (Å²) in [5.74, 6) is 0. The van der Waals surface area contributed by atoms with Gasteiger partial charge in [0.1, 0.15) is 6.07 Å². The molecule has 0 saturated carbocycles. The third kappa shape index (κ3) is 3.73. The number of nitriles is 1. The fraction of sp³-hybridized carbons (Fsp3) is 0. The van der Waals surface area contributed by atoms with Gasteiger partial charge in [-0.1, -0.05) is 27.5 Å². The fourth-order valence-corrected chi connectivity index (χ4v) is 2.02. The highest BCUT2D eigenvalue weighted by atomic mass is 79.9. The summed E-state index contributed by atoms with van der Waals surface area (Å²) >= 11 is 9.06. The molecule has 0 aliphatic carbocycles. The normalized spacial score (nSPS) is 9.65. The second kappa shape index (κ2) is 6.42. The summed E-state index contributed by atoms with van der Waals surface area (Å²) in [6.07, 6.45) is 0. The molecule has 0 fully saturated rings. The molecule has 2 aromatic carbocycles. The number of anilines is 2. The second-order valence-electron chi connectivity index (χ2n) is 3.89. The SMILES string of the molecule is N#Cc1ccc(Br)cc1NC(=O)Nc1ccc(Cl)cc1. The van der Waals surface area contributed by atoms with Gasteiger partial charge in [-0.2, -0.15) is 5.26 Å². The third-order valence-corrected chi connectivity index (χ3v) is 3.20. The Morgan fingerprint density at radius 3 is 2.50 bits per heavy atom. The maximum atomic E-state index is 11.9. The number of nitrogens with zero attached hydrogens (tertiary/aromatic N) is 1. The van der Waals surface area contributed by atoms with Gasteiger partial charge in [-0.3, -0.25) is 0 Å². The van der Waals surface area contributed by atoms with Crippen LogP contribution in [-0.2, 0) is 0 Å². The Balaban J connectivity index is 2.10. The van der Waals surface area contributed by atoms with E-state index in [1.165, 1.54) is 0 Å². The van der Waals surface area contributed by atoms with Crippen LogP contribution in [0.5, 0.6) is 0 Å². The van der Waals surface area contributed by atoms with Crippen molar-refractivity contribution < 1.29 is 4.79 Å². The molecule has 4 nitrogen and oxygen atoms in total. The van der Waals surface area contributed by atoms with Crippen LogP contribution in [0.15, 0.2) is 46.9 Å². The van der Waals surface area contributed by atoms with Gasteiger partial charge in [-0.25, -0.2) is 4.79 Å². The van der Waals surface area contributed by atoms with Gasteiger partial charge < -0.3 is 10.6 Å². The summed E-state index contributed by atoms with van der Waals surface area (Å²) in [4.78, 5) is 11.9. The van der Waals surface area contributed by atoms with Gasteiger partial charge in [0, 0.05) is 15.2 Å².